The minimum absolute atomic E-state index is 0.259. The van der Waals surface area contributed by atoms with E-state index < -0.39 is 0 Å². The van der Waals surface area contributed by atoms with Gasteiger partial charge in [-0.2, -0.15) is 0 Å². The number of primary amides is 1. The average Bonchev–Trinajstić information content (AvgIpc) is 2.24. The van der Waals surface area contributed by atoms with Gasteiger partial charge in [0.25, 0.3) is 0 Å². The maximum absolute atomic E-state index is 10.5. The van der Waals surface area contributed by atoms with Crippen molar-refractivity contribution in [3.8, 4) is 0 Å². The number of aliphatic hydroxyl groups excluding tert-OH is 1. The number of carbonyl (C=O) groups excluding carboxylic acids is 1. The molecule has 0 radical (unpaired) electrons. The maximum atomic E-state index is 10.5. The van der Waals surface area contributed by atoms with Crippen LogP contribution >= 0.6 is 0 Å². The third-order valence-corrected chi connectivity index (χ3v) is 3.26. The molecule has 4 nitrogen and oxygen atoms in total. The zero-order valence-corrected chi connectivity index (χ0v) is 9.24. The molecule has 1 rings (SSSR count). The predicted molar refractivity (Wildman–Crippen MR) is 59.2 cm³/mol. The van der Waals surface area contributed by atoms with E-state index in [9.17, 15) is 9.90 Å². The van der Waals surface area contributed by atoms with Gasteiger partial charge in [-0.3, -0.25) is 4.79 Å². The van der Waals surface area contributed by atoms with Gasteiger partial charge in [-0.05, 0) is 31.2 Å². The van der Waals surface area contributed by atoms with Crippen molar-refractivity contribution in [2.24, 2.45) is 17.6 Å². The van der Waals surface area contributed by atoms with Crippen LogP contribution in [0.25, 0.3) is 0 Å². The van der Waals surface area contributed by atoms with Crippen LogP contribution in [-0.2, 0) is 4.79 Å². The van der Waals surface area contributed by atoms with E-state index in [1.807, 2.05) is 0 Å². The lowest BCUT2D eigenvalue weighted by molar-refractivity contribution is -0.117. The standard InChI is InChI=1S/C11H22N2O2/c12-11(15)5-6-13-7-9-3-1-2-4-10(9)8-14/h9-10,13-14H,1-8H2,(H2,12,15). The van der Waals surface area contributed by atoms with Crippen LogP contribution in [0, 0.1) is 11.8 Å². The van der Waals surface area contributed by atoms with Crippen molar-refractivity contribution in [1.82, 2.24) is 5.32 Å². The van der Waals surface area contributed by atoms with E-state index in [0.717, 1.165) is 13.0 Å². The summed E-state index contributed by atoms with van der Waals surface area (Å²) >= 11 is 0. The predicted octanol–water partition coefficient (Wildman–Crippen LogP) is 0.250. The smallest absolute Gasteiger partial charge is 0.218 e. The van der Waals surface area contributed by atoms with Crippen LogP contribution < -0.4 is 11.1 Å². The molecule has 0 aromatic carbocycles. The van der Waals surface area contributed by atoms with Crippen molar-refractivity contribution >= 4 is 5.91 Å². The number of nitrogens with two attached hydrogens (primary N) is 1. The molecule has 2 unspecified atom stereocenters. The highest BCUT2D eigenvalue weighted by atomic mass is 16.3. The Morgan fingerprint density at radius 3 is 2.60 bits per heavy atom. The molecule has 1 fully saturated rings. The SMILES string of the molecule is NC(=O)CCNCC1CCCCC1CO. The minimum atomic E-state index is -0.259. The molecule has 0 heterocycles. The van der Waals surface area contributed by atoms with E-state index in [-0.39, 0.29) is 5.91 Å². The molecule has 88 valence electrons. The molecule has 0 spiro atoms. The summed E-state index contributed by atoms with van der Waals surface area (Å²) in [4.78, 5) is 10.5. The first-order valence-corrected chi connectivity index (χ1v) is 5.84. The lowest BCUT2D eigenvalue weighted by Gasteiger charge is -2.30. The Kier molecular flexibility index (Phi) is 5.65. The Bertz CT molecular complexity index is 197. The number of hydrogen-bond donors (Lipinski definition) is 3. The number of carbonyl (C=O) groups is 1. The van der Waals surface area contributed by atoms with E-state index in [1.54, 1.807) is 0 Å². The van der Waals surface area contributed by atoms with E-state index in [4.69, 9.17) is 5.73 Å². The van der Waals surface area contributed by atoms with Gasteiger partial charge in [0.2, 0.25) is 5.91 Å². The highest BCUT2D eigenvalue weighted by Gasteiger charge is 2.23. The van der Waals surface area contributed by atoms with E-state index >= 15 is 0 Å². The van der Waals surface area contributed by atoms with Gasteiger partial charge >= 0.3 is 0 Å². The highest BCUT2D eigenvalue weighted by molar-refractivity contribution is 5.73. The van der Waals surface area contributed by atoms with Crippen molar-refractivity contribution < 1.29 is 9.90 Å². The molecule has 1 saturated carbocycles. The van der Waals surface area contributed by atoms with Crippen molar-refractivity contribution in [1.29, 1.82) is 0 Å². The number of hydrogen-bond acceptors (Lipinski definition) is 3. The lowest BCUT2D eigenvalue weighted by Crippen LogP contribution is -2.33. The Hall–Kier alpha value is -0.610. The molecule has 0 saturated heterocycles. The van der Waals surface area contributed by atoms with Gasteiger partial charge < -0.3 is 16.2 Å². The zero-order valence-electron chi connectivity index (χ0n) is 9.24. The Morgan fingerprint density at radius 2 is 2.00 bits per heavy atom. The van der Waals surface area contributed by atoms with Gasteiger partial charge in [-0.25, -0.2) is 0 Å². The van der Waals surface area contributed by atoms with Crippen LogP contribution in [0.4, 0.5) is 0 Å². The fourth-order valence-electron chi connectivity index (χ4n) is 2.29. The summed E-state index contributed by atoms with van der Waals surface area (Å²) in [6.07, 6.45) is 5.23. The van der Waals surface area contributed by atoms with Gasteiger partial charge in [-0.1, -0.05) is 12.8 Å². The van der Waals surface area contributed by atoms with Gasteiger partial charge in [0.1, 0.15) is 0 Å². The monoisotopic (exact) mass is 214 g/mol. The summed E-state index contributed by atoms with van der Waals surface area (Å²) in [5, 5.41) is 12.4. The second kappa shape index (κ2) is 6.80. The normalized spacial score (nSPS) is 26.5. The first-order chi connectivity index (χ1) is 7.24. The average molecular weight is 214 g/mol. The summed E-state index contributed by atoms with van der Waals surface area (Å²) in [5.41, 5.74) is 5.05. The molecule has 2 atom stereocenters. The summed E-state index contributed by atoms with van der Waals surface area (Å²) in [7, 11) is 0. The van der Waals surface area contributed by atoms with E-state index in [0.29, 0.717) is 31.4 Å². The number of amides is 1. The Labute approximate surface area is 91.2 Å². The highest BCUT2D eigenvalue weighted by Crippen LogP contribution is 2.28. The van der Waals surface area contributed by atoms with Crippen LogP contribution in [0.3, 0.4) is 0 Å². The minimum Gasteiger partial charge on any atom is -0.396 e. The first kappa shape index (κ1) is 12.5. The second-order valence-corrected chi connectivity index (χ2v) is 4.41. The summed E-state index contributed by atoms with van der Waals surface area (Å²) in [5.74, 6) is 0.751. The lowest BCUT2D eigenvalue weighted by atomic mass is 9.79. The number of nitrogens with one attached hydrogen (secondary N) is 1. The molecule has 15 heavy (non-hydrogen) atoms. The van der Waals surface area contributed by atoms with Crippen LogP contribution in [0.5, 0.6) is 0 Å². The van der Waals surface area contributed by atoms with Crippen molar-refractivity contribution in [3.63, 3.8) is 0 Å². The first-order valence-electron chi connectivity index (χ1n) is 5.84. The third-order valence-electron chi connectivity index (χ3n) is 3.26. The van der Waals surface area contributed by atoms with Gasteiger partial charge in [-0.15, -0.1) is 0 Å². The number of aliphatic hydroxyl groups is 1. The number of rotatable bonds is 6. The van der Waals surface area contributed by atoms with Crippen LogP contribution in [0.15, 0.2) is 0 Å². The third kappa shape index (κ3) is 4.62. The molecule has 0 aliphatic heterocycles. The molecule has 4 N–H and O–H groups in total. The summed E-state index contributed by atoms with van der Waals surface area (Å²) < 4.78 is 0. The largest absolute Gasteiger partial charge is 0.396 e. The molecule has 1 aliphatic carbocycles. The van der Waals surface area contributed by atoms with Gasteiger partial charge in [0, 0.05) is 19.6 Å². The molecule has 0 aromatic heterocycles. The van der Waals surface area contributed by atoms with Crippen LogP contribution in [0.1, 0.15) is 32.1 Å². The molecule has 0 bridgehead atoms. The van der Waals surface area contributed by atoms with E-state index in [2.05, 4.69) is 5.32 Å². The van der Waals surface area contributed by atoms with Gasteiger partial charge in [0.15, 0.2) is 0 Å². The second-order valence-electron chi connectivity index (χ2n) is 4.41. The molecule has 4 heteroatoms. The fraction of sp³-hybridized carbons (Fsp3) is 0.909. The maximum Gasteiger partial charge on any atom is 0.218 e. The van der Waals surface area contributed by atoms with Crippen LogP contribution in [-0.4, -0.2) is 30.7 Å². The molecule has 0 aromatic rings. The van der Waals surface area contributed by atoms with Crippen molar-refractivity contribution in [3.05, 3.63) is 0 Å². The van der Waals surface area contributed by atoms with Gasteiger partial charge in [0.05, 0.1) is 0 Å². The van der Waals surface area contributed by atoms with Crippen molar-refractivity contribution in [2.45, 2.75) is 32.1 Å². The molecular weight excluding hydrogens is 192 g/mol. The molecule has 1 amide bonds. The zero-order chi connectivity index (χ0) is 11.1. The Morgan fingerprint density at radius 1 is 1.33 bits per heavy atom. The Balaban J connectivity index is 2.15. The van der Waals surface area contributed by atoms with Crippen molar-refractivity contribution in [2.75, 3.05) is 19.7 Å². The topological polar surface area (TPSA) is 75.4 Å². The van der Waals surface area contributed by atoms with Crippen LogP contribution in [0.2, 0.25) is 0 Å². The fourth-order valence-corrected chi connectivity index (χ4v) is 2.29. The summed E-state index contributed by atoms with van der Waals surface area (Å²) in [6.45, 7) is 1.85. The molecular formula is C11H22N2O2. The summed E-state index contributed by atoms with van der Waals surface area (Å²) in [6, 6.07) is 0. The quantitative estimate of drug-likeness (QED) is 0.555. The molecule has 1 aliphatic rings. The van der Waals surface area contributed by atoms with E-state index in [1.165, 1.54) is 19.3 Å².